The molecule has 0 radical (unpaired) electrons. The number of rotatable bonds is 5. The van der Waals surface area contributed by atoms with Gasteiger partial charge in [-0.15, -0.1) is 0 Å². The second-order valence-corrected chi connectivity index (χ2v) is 3.23. The highest BCUT2D eigenvalue weighted by Gasteiger charge is 2.11. The van der Waals surface area contributed by atoms with E-state index < -0.39 is 24.5 Å². The van der Waals surface area contributed by atoms with Crippen LogP contribution in [-0.4, -0.2) is 47.6 Å². The van der Waals surface area contributed by atoms with Gasteiger partial charge >= 0.3 is 5.97 Å². The molecule has 0 aromatic heterocycles. The van der Waals surface area contributed by atoms with E-state index in [0.717, 1.165) is 5.75 Å². The third-order valence-electron chi connectivity index (χ3n) is 1.08. The van der Waals surface area contributed by atoms with Gasteiger partial charge in [0.15, 0.2) is 0 Å². The Kier molecular flexibility index (Phi) is 13.2. The number of thiol groups is 2. The number of carbonyl (C=O) groups excluding carboxylic acids is 1. The molecule has 0 heterocycles. The van der Waals surface area contributed by atoms with E-state index in [1.807, 2.05) is 0 Å². The van der Waals surface area contributed by atoms with E-state index in [4.69, 9.17) is 16.6 Å². The molecular formula is C7H17N3O3S2. The topological polar surface area (TPSA) is 118 Å². The Morgan fingerprint density at radius 1 is 1.40 bits per heavy atom. The first-order chi connectivity index (χ1) is 6.99. The quantitative estimate of drug-likeness (QED) is 0.328. The summed E-state index contributed by atoms with van der Waals surface area (Å²) in [6, 6.07) is -0.738. The molecular weight excluding hydrogens is 238 g/mol. The maximum absolute atomic E-state index is 10.7. The van der Waals surface area contributed by atoms with E-state index >= 15 is 0 Å². The highest BCUT2D eigenvalue weighted by atomic mass is 32.1. The minimum absolute atomic E-state index is 0.200. The summed E-state index contributed by atoms with van der Waals surface area (Å²) in [7, 11) is 0. The first-order valence-corrected chi connectivity index (χ1v) is 5.42. The van der Waals surface area contributed by atoms with Gasteiger partial charge in [0.2, 0.25) is 5.91 Å². The van der Waals surface area contributed by atoms with Gasteiger partial charge in [0.05, 0.1) is 6.04 Å². The van der Waals surface area contributed by atoms with Crippen LogP contribution in [0.3, 0.4) is 0 Å². The number of aliphatic carboxylic acids is 1. The third kappa shape index (κ3) is 13.6. The molecule has 0 saturated carbocycles. The number of amides is 1. The maximum Gasteiger partial charge on any atom is 0.322 e. The highest BCUT2D eigenvalue weighted by molar-refractivity contribution is 7.80. The molecule has 1 unspecified atom stereocenters. The molecule has 0 aromatic rings. The fourth-order valence-electron chi connectivity index (χ4n) is 0.377. The molecule has 90 valence electrons. The van der Waals surface area contributed by atoms with Crippen molar-refractivity contribution in [3.05, 3.63) is 0 Å². The second-order valence-electron chi connectivity index (χ2n) is 2.41. The number of hydrogen-bond donors (Lipinski definition) is 6. The molecule has 0 spiro atoms. The van der Waals surface area contributed by atoms with Crippen LogP contribution in [0.5, 0.6) is 0 Å². The lowest BCUT2D eigenvalue weighted by Crippen LogP contribution is -2.43. The third-order valence-corrected chi connectivity index (χ3v) is 1.73. The van der Waals surface area contributed by atoms with Crippen LogP contribution in [0.4, 0.5) is 0 Å². The number of carbonyl (C=O) groups is 2. The summed E-state index contributed by atoms with van der Waals surface area (Å²) in [5.41, 5.74) is 10.2. The van der Waals surface area contributed by atoms with Gasteiger partial charge in [-0.1, -0.05) is 0 Å². The minimum atomic E-state index is -1.09. The van der Waals surface area contributed by atoms with Crippen molar-refractivity contribution < 1.29 is 14.7 Å². The van der Waals surface area contributed by atoms with Crippen LogP contribution in [-0.2, 0) is 9.59 Å². The zero-order valence-electron chi connectivity index (χ0n) is 8.22. The van der Waals surface area contributed by atoms with Crippen LogP contribution in [0.15, 0.2) is 0 Å². The molecule has 8 heteroatoms. The molecule has 15 heavy (non-hydrogen) atoms. The lowest BCUT2D eigenvalue weighted by atomic mass is 10.3. The average Bonchev–Trinajstić information content (AvgIpc) is 2.24. The smallest absolute Gasteiger partial charge is 0.322 e. The maximum atomic E-state index is 10.7. The van der Waals surface area contributed by atoms with Crippen molar-refractivity contribution >= 4 is 37.1 Å². The minimum Gasteiger partial charge on any atom is -0.480 e. The predicted octanol–water partition coefficient (Wildman–Crippen LogP) is -1.68. The SMILES string of the molecule is NC(CS)C(=O)NCC(=O)O.NCCS. The van der Waals surface area contributed by atoms with Gasteiger partial charge in [-0.2, -0.15) is 25.3 Å². The zero-order valence-corrected chi connectivity index (χ0v) is 10.0. The monoisotopic (exact) mass is 255 g/mol. The molecule has 1 atom stereocenters. The summed E-state index contributed by atoms with van der Waals surface area (Å²) in [6.07, 6.45) is 0. The van der Waals surface area contributed by atoms with Crippen molar-refractivity contribution in [3.8, 4) is 0 Å². The van der Waals surface area contributed by atoms with Gasteiger partial charge < -0.3 is 21.9 Å². The average molecular weight is 255 g/mol. The Morgan fingerprint density at radius 2 is 1.87 bits per heavy atom. The number of nitrogens with two attached hydrogens (primary N) is 2. The zero-order chi connectivity index (χ0) is 12.3. The first-order valence-electron chi connectivity index (χ1n) is 4.16. The Hall–Kier alpha value is -0.440. The van der Waals surface area contributed by atoms with Crippen LogP contribution in [0.1, 0.15) is 0 Å². The molecule has 0 rings (SSSR count). The normalized spacial score (nSPS) is 10.9. The molecule has 0 aliphatic rings. The van der Waals surface area contributed by atoms with Crippen molar-refractivity contribution in [3.63, 3.8) is 0 Å². The van der Waals surface area contributed by atoms with E-state index in [1.54, 1.807) is 0 Å². The summed E-state index contributed by atoms with van der Waals surface area (Å²) < 4.78 is 0. The van der Waals surface area contributed by atoms with Gasteiger partial charge in [0.1, 0.15) is 6.54 Å². The highest BCUT2D eigenvalue weighted by Crippen LogP contribution is 1.82. The fourth-order valence-corrected chi connectivity index (χ4v) is 0.543. The van der Waals surface area contributed by atoms with Crippen molar-refractivity contribution in [1.82, 2.24) is 5.32 Å². The van der Waals surface area contributed by atoms with Crippen LogP contribution in [0.2, 0.25) is 0 Å². The molecule has 0 fully saturated rings. The molecule has 1 amide bonds. The predicted molar refractivity (Wildman–Crippen MR) is 65.4 cm³/mol. The van der Waals surface area contributed by atoms with Gasteiger partial charge in [-0.3, -0.25) is 9.59 Å². The Labute approximate surface area is 99.6 Å². The van der Waals surface area contributed by atoms with E-state index in [2.05, 4.69) is 30.6 Å². The lowest BCUT2D eigenvalue weighted by molar-refractivity contribution is -0.138. The summed E-state index contributed by atoms with van der Waals surface area (Å²) in [4.78, 5) is 20.7. The van der Waals surface area contributed by atoms with Gasteiger partial charge in [-0.25, -0.2) is 0 Å². The van der Waals surface area contributed by atoms with Crippen molar-refractivity contribution in [2.45, 2.75) is 6.04 Å². The summed E-state index contributed by atoms with van der Waals surface area (Å²) in [5.74, 6) is -0.599. The Bertz CT molecular complexity index is 190. The van der Waals surface area contributed by atoms with E-state index in [0.29, 0.717) is 6.54 Å². The standard InChI is InChI=1S/C5H10N2O3S.C2H7NS/c6-3(2-11)5(10)7-1-4(8)9;3-1-2-4/h3,11H,1-2,6H2,(H,7,10)(H,8,9);4H,1-3H2. The Balaban J connectivity index is 0. The fraction of sp³-hybridized carbons (Fsp3) is 0.714. The summed E-state index contributed by atoms with van der Waals surface area (Å²) in [5, 5.41) is 10.3. The Morgan fingerprint density at radius 3 is 2.13 bits per heavy atom. The molecule has 6 nitrogen and oxygen atoms in total. The van der Waals surface area contributed by atoms with Crippen molar-refractivity contribution in [2.24, 2.45) is 11.5 Å². The van der Waals surface area contributed by atoms with Crippen LogP contribution in [0.25, 0.3) is 0 Å². The molecule has 6 N–H and O–H groups in total. The molecule has 0 aromatic carbocycles. The van der Waals surface area contributed by atoms with Crippen molar-refractivity contribution in [1.29, 1.82) is 0 Å². The molecule has 0 saturated heterocycles. The van der Waals surface area contributed by atoms with Crippen LogP contribution < -0.4 is 16.8 Å². The van der Waals surface area contributed by atoms with Gasteiger partial charge in [0, 0.05) is 18.1 Å². The second kappa shape index (κ2) is 11.6. The van der Waals surface area contributed by atoms with E-state index in [1.165, 1.54) is 0 Å². The number of carboxylic acid groups (broad SMARTS) is 1. The molecule has 0 bridgehead atoms. The lowest BCUT2D eigenvalue weighted by Gasteiger charge is -2.06. The summed E-state index contributed by atoms with van der Waals surface area (Å²) >= 11 is 7.56. The van der Waals surface area contributed by atoms with Crippen LogP contribution in [0, 0.1) is 0 Å². The first kappa shape index (κ1) is 17.0. The van der Waals surface area contributed by atoms with Crippen LogP contribution >= 0.6 is 25.3 Å². The van der Waals surface area contributed by atoms with Gasteiger partial charge in [0.25, 0.3) is 0 Å². The van der Waals surface area contributed by atoms with Crippen molar-refractivity contribution in [2.75, 3.05) is 24.6 Å². The van der Waals surface area contributed by atoms with E-state index in [-0.39, 0.29) is 5.75 Å². The number of nitrogens with one attached hydrogen (secondary N) is 1. The van der Waals surface area contributed by atoms with E-state index in [9.17, 15) is 9.59 Å². The number of hydrogen-bond acceptors (Lipinski definition) is 6. The molecule has 0 aliphatic heterocycles. The largest absolute Gasteiger partial charge is 0.480 e. The summed E-state index contributed by atoms with van der Waals surface area (Å²) in [6.45, 7) is 0.281. The van der Waals surface area contributed by atoms with Gasteiger partial charge in [-0.05, 0) is 0 Å². The molecule has 0 aliphatic carbocycles. The number of carboxylic acids is 1.